The number of thiazole rings is 1. The molecule has 30 heavy (non-hydrogen) atoms. The fourth-order valence-electron chi connectivity index (χ4n) is 3.83. The van der Waals surface area contributed by atoms with Gasteiger partial charge in [0.2, 0.25) is 5.91 Å². The molecule has 1 aromatic heterocycles. The number of aryl methyl sites for hydroxylation is 1. The Balaban J connectivity index is 1.64. The number of hydrogen-bond acceptors (Lipinski definition) is 3. The second kappa shape index (κ2) is 8.36. The van der Waals surface area contributed by atoms with Crippen LogP contribution in [0.4, 0.5) is 4.39 Å². The van der Waals surface area contributed by atoms with Crippen LogP contribution in [0.3, 0.4) is 0 Å². The van der Waals surface area contributed by atoms with E-state index in [0.717, 1.165) is 40.2 Å². The molecule has 1 heterocycles. The van der Waals surface area contributed by atoms with Crippen LogP contribution in [0.15, 0.2) is 53.3 Å². The average molecular weight is 445 g/mol. The molecule has 1 amide bonds. The summed E-state index contributed by atoms with van der Waals surface area (Å²) in [5.41, 5.74) is 2.41. The van der Waals surface area contributed by atoms with E-state index in [4.69, 9.17) is 11.6 Å². The van der Waals surface area contributed by atoms with E-state index >= 15 is 0 Å². The van der Waals surface area contributed by atoms with Gasteiger partial charge in [0.25, 0.3) is 0 Å². The number of amides is 1. The van der Waals surface area contributed by atoms with Crippen LogP contribution in [0.5, 0.6) is 0 Å². The lowest BCUT2D eigenvalue weighted by Crippen LogP contribution is -2.39. The SMILES string of the molecule is Cc1sc(=O)n(CC(=O)N(C2CC2)[C@@H](C)c2ccc(Cl)cc2)c1-c1ccc(F)cc1. The van der Waals surface area contributed by atoms with Gasteiger partial charge in [-0.05, 0) is 74.2 Å². The summed E-state index contributed by atoms with van der Waals surface area (Å²) in [5, 5.41) is 0.652. The van der Waals surface area contributed by atoms with Crippen LogP contribution in [0.2, 0.25) is 5.02 Å². The Morgan fingerprint density at radius 1 is 1.20 bits per heavy atom. The molecule has 0 aliphatic heterocycles. The van der Waals surface area contributed by atoms with Gasteiger partial charge in [0.1, 0.15) is 12.4 Å². The third-order valence-electron chi connectivity index (χ3n) is 5.47. The van der Waals surface area contributed by atoms with Crippen molar-refractivity contribution >= 4 is 28.8 Å². The molecule has 0 spiro atoms. The van der Waals surface area contributed by atoms with Crippen molar-refractivity contribution in [3.63, 3.8) is 0 Å². The maximum Gasteiger partial charge on any atom is 0.308 e. The molecule has 7 heteroatoms. The van der Waals surface area contributed by atoms with Gasteiger partial charge in [-0.3, -0.25) is 14.2 Å². The van der Waals surface area contributed by atoms with Crippen LogP contribution in [0.1, 0.15) is 36.2 Å². The topological polar surface area (TPSA) is 42.3 Å². The molecule has 1 fully saturated rings. The Kier molecular flexibility index (Phi) is 5.80. The molecule has 1 saturated carbocycles. The van der Waals surface area contributed by atoms with E-state index < -0.39 is 0 Å². The standard InChI is InChI=1S/C23H22ClFN2O2S/c1-14(16-3-7-18(24)8-4-16)27(20-11-12-20)21(28)13-26-22(15(2)30-23(26)29)17-5-9-19(25)10-6-17/h3-10,14,20H,11-13H2,1-2H3/t14-/m0/s1. The first kappa shape index (κ1) is 20.8. The summed E-state index contributed by atoms with van der Waals surface area (Å²) in [6.07, 6.45) is 1.93. The minimum Gasteiger partial charge on any atom is -0.331 e. The molecule has 4 nitrogen and oxygen atoms in total. The lowest BCUT2D eigenvalue weighted by Gasteiger charge is -2.30. The third-order valence-corrected chi connectivity index (χ3v) is 6.62. The first-order chi connectivity index (χ1) is 14.3. The van der Waals surface area contributed by atoms with Crippen molar-refractivity contribution in [1.29, 1.82) is 0 Å². The van der Waals surface area contributed by atoms with Crippen LogP contribution in [-0.4, -0.2) is 21.4 Å². The summed E-state index contributed by atoms with van der Waals surface area (Å²) in [7, 11) is 0. The highest BCUT2D eigenvalue weighted by atomic mass is 35.5. The number of carbonyl (C=O) groups excluding carboxylic acids is 1. The first-order valence-electron chi connectivity index (χ1n) is 9.88. The fourth-order valence-corrected chi connectivity index (χ4v) is 4.81. The molecule has 0 N–H and O–H groups in total. The number of benzene rings is 2. The highest BCUT2D eigenvalue weighted by Gasteiger charge is 2.36. The van der Waals surface area contributed by atoms with E-state index in [1.54, 1.807) is 12.1 Å². The highest BCUT2D eigenvalue weighted by molar-refractivity contribution is 7.09. The van der Waals surface area contributed by atoms with Gasteiger partial charge >= 0.3 is 4.87 Å². The molecule has 4 rings (SSSR count). The van der Waals surface area contributed by atoms with Crippen molar-refractivity contribution < 1.29 is 9.18 Å². The Bertz CT molecular complexity index is 1120. The van der Waals surface area contributed by atoms with Gasteiger partial charge in [0, 0.05) is 15.9 Å². The van der Waals surface area contributed by atoms with E-state index in [1.807, 2.05) is 43.0 Å². The average Bonchev–Trinajstić information content (AvgIpc) is 3.50. The molecule has 156 valence electrons. The Hall–Kier alpha value is -2.44. The molecule has 1 atom stereocenters. The van der Waals surface area contributed by atoms with Crippen molar-refractivity contribution in [3.8, 4) is 11.3 Å². The quantitative estimate of drug-likeness (QED) is 0.508. The predicted octanol–water partition coefficient (Wildman–Crippen LogP) is 5.43. The zero-order valence-corrected chi connectivity index (χ0v) is 18.3. The number of nitrogens with zero attached hydrogens (tertiary/aromatic N) is 2. The lowest BCUT2D eigenvalue weighted by atomic mass is 10.1. The van der Waals surface area contributed by atoms with E-state index in [2.05, 4.69) is 0 Å². The summed E-state index contributed by atoms with van der Waals surface area (Å²) in [4.78, 5) is 28.5. The molecule has 0 bridgehead atoms. The van der Waals surface area contributed by atoms with Gasteiger partial charge < -0.3 is 4.90 Å². The summed E-state index contributed by atoms with van der Waals surface area (Å²) in [6, 6.07) is 13.6. The van der Waals surface area contributed by atoms with Crippen molar-refractivity contribution in [2.75, 3.05) is 0 Å². The van der Waals surface area contributed by atoms with E-state index in [9.17, 15) is 14.0 Å². The number of aromatic nitrogens is 1. The molecule has 0 saturated heterocycles. The Morgan fingerprint density at radius 3 is 2.43 bits per heavy atom. The maximum absolute atomic E-state index is 13.4. The second-order valence-electron chi connectivity index (χ2n) is 7.63. The van der Waals surface area contributed by atoms with Crippen molar-refractivity contribution in [2.24, 2.45) is 0 Å². The summed E-state index contributed by atoms with van der Waals surface area (Å²) in [5.74, 6) is -0.434. The number of halogens is 2. The monoisotopic (exact) mass is 444 g/mol. The smallest absolute Gasteiger partial charge is 0.308 e. The van der Waals surface area contributed by atoms with Crippen LogP contribution >= 0.6 is 22.9 Å². The largest absolute Gasteiger partial charge is 0.331 e. The molecule has 0 radical (unpaired) electrons. The molecular formula is C23H22ClFN2O2S. The van der Waals surface area contributed by atoms with E-state index in [0.29, 0.717) is 10.7 Å². The van der Waals surface area contributed by atoms with Crippen LogP contribution in [-0.2, 0) is 11.3 Å². The fraction of sp³-hybridized carbons (Fsp3) is 0.304. The number of rotatable bonds is 6. The van der Waals surface area contributed by atoms with Gasteiger partial charge in [-0.25, -0.2) is 4.39 Å². The van der Waals surface area contributed by atoms with Crippen molar-refractivity contribution in [1.82, 2.24) is 9.47 Å². The molecule has 2 aromatic carbocycles. The van der Waals surface area contributed by atoms with Gasteiger partial charge in [-0.1, -0.05) is 35.1 Å². The molecule has 1 aliphatic carbocycles. The van der Waals surface area contributed by atoms with Gasteiger partial charge in [-0.15, -0.1) is 0 Å². The number of hydrogen-bond donors (Lipinski definition) is 0. The predicted molar refractivity (Wildman–Crippen MR) is 118 cm³/mol. The normalized spacial score (nSPS) is 14.5. The van der Waals surface area contributed by atoms with E-state index in [1.165, 1.54) is 16.7 Å². The second-order valence-corrected chi connectivity index (χ2v) is 9.23. The minimum absolute atomic E-state index is 0.0374. The molecule has 0 unspecified atom stereocenters. The van der Waals surface area contributed by atoms with Crippen LogP contribution in [0, 0.1) is 12.7 Å². The highest BCUT2D eigenvalue weighted by Crippen LogP contribution is 2.35. The lowest BCUT2D eigenvalue weighted by molar-refractivity contribution is -0.134. The third kappa shape index (κ3) is 4.20. The first-order valence-corrected chi connectivity index (χ1v) is 11.1. The zero-order chi connectivity index (χ0) is 21.4. The molecular weight excluding hydrogens is 423 g/mol. The molecule has 3 aromatic rings. The van der Waals surface area contributed by atoms with Gasteiger partial charge in [0.15, 0.2) is 0 Å². The van der Waals surface area contributed by atoms with Gasteiger partial charge in [-0.2, -0.15) is 0 Å². The van der Waals surface area contributed by atoms with Gasteiger partial charge in [0.05, 0.1) is 11.7 Å². The van der Waals surface area contributed by atoms with Crippen molar-refractivity contribution in [3.05, 3.63) is 79.5 Å². The van der Waals surface area contributed by atoms with E-state index in [-0.39, 0.29) is 35.2 Å². The molecule has 1 aliphatic rings. The van der Waals surface area contributed by atoms with Crippen LogP contribution in [0.25, 0.3) is 11.3 Å². The maximum atomic E-state index is 13.4. The minimum atomic E-state index is -0.340. The number of carbonyl (C=O) groups is 1. The summed E-state index contributed by atoms with van der Waals surface area (Å²) in [6.45, 7) is 3.81. The zero-order valence-electron chi connectivity index (χ0n) is 16.8. The Morgan fingerprint density at radius 2 is 1.83 bits per heavy atom. The summed E-state index contributed by atoms with van der Waals surface area (Å²) >= 11 is 7.11. The summed E-state index contributed by atoms with van der Waals surface area (Å²) < 4.78 is 14.9. The Labute approximate surface area is 183 Å². The van der Waals surface area contributed by atoms with Crippen LogP contribution < -0.4 is 4.87 Å². The van der Waals surface area contributed by atoms with Crippen molar-refractivity contribution in [2.45, 2.75) is 45.3 Å².